The van der Waals surface area contributed by atoms with Gasteiger partial charge in [-0.05, 0) is 61.3 Å². The summed E-state index contributed by atoms with van der Waals surface area (Å²) in [5.41, 5.74) is 2.65. The summed E-state index contributed by atoms with van der Waals surface area (Å²) >= 11 is 5.98. The molecular formula is C16H24ClN. The highest BCUT2D eigenvalue weighted by molar-refractivity contribution is 6.30. The van der Waals surface area contributed by atoms with E-state index in [-0.39, 0.29) is 0 Å². The van der Waals surface area contributed by atoms with E-state index in [0.717, 1.165) is 23.4 Å². The molecule has 2 heteroatoms. The van der Waals surface area contributed by atoms with Crippen molar-refractivity contribution < 1.29 is 0 Å². The van der Waals surface area contributed by atoms with Crippen molar-refractivity contribution in [2.24, 2.45) is 11.8 Å². The van der Waals surface area contributed by atoms with Crippen molar-refractivity contribution in [1.29, 1.82) is 0 Å². The van der Waals surface area contributed by atoms with Gasteiger partial charge in [0.1, 0.15) is 0 Å². The summed E-state index contributed by atoms with van der Waals surface area (Å²) in [5.74, 6) is 1.74. The molecule has 1 saturated carbocycles. The lowest BCUT2D eigenvalue weighted by molar-refractivity contribution is 0.225. The van der Waals surface area contributed by atoms with Crippen LogP contribution in [0.3, 0.4) is 0 Å². The predicted octanol–water partition coefficient (Wildman–Crippen LogP) is 4.56. The molecule has 2 rings (SSSR count). The van der Waals surface area contributed by atoms with E-state index < -0.39 is 0 Å². The second-order valence-corrected chi connectivity index (χ2v) is 6.35. The lowest BCUT2D eigenvalue weighted by atomic mass is 9.79. The average Bonchev–Trinajstić information content (AvgIpc) is 2.32. The van der Waals surface area contributed by atoms with Gasteiger partial charge in [0.25, 0.3) is 0 Å². The highest BCUT2D eigenvalue weighted by Crippen LogP contribution is 2.29. The van der Waals surface area contributed by atoms with Gasteiger partial charge in [-0.15, -0.1) is 0 Å². The summed E-state index contributed by atoms with van der Waals surface area (Å²) in [7, 11) is 0. The zero-order valence-corrected chi connectivity index (χ0v) is 12.4. The largest absolute Gasteiger partial charge is 0.310 e. The molecule has 3 unspecified atom stereocenters. The quantitative estimate of drug-likeness (QED) is 0.845. The molecule has 1 aromatic carbocycles. The third kappa shape index (κ3) is 3.49. The second-order valence-electron chi connectivity index (χ2n) is 5.92. The lowest BCUT2D eigenvalue weighted by Gasteiger charge is -2.32. The Bertz CT molecular complexity index is 402. The van der Waals surface area contributed by atoms with Crippen LogP contribution in [0.4, 0.5) is 0 Å². The fraction of sp³-hybridized carbons (Fsp3) is 0.625. The van der Waals surface area contributed by atoms with Crippen molar-refractivity contribution in [2.45, 2.75) is 52.6 Å². The van der Waals surface area contributed by atoms with E-state index in [1.54, 1.807) is 0 Å². The molecule has 0 bridgehead atoms. The van der Waals surface area contributed by atoms with Crippen LogP contribution in [0.5, 0.6) is 0 Å². The monoisotopic (exact) mass is 265 g/mol. The Kier molecular flexibility index (Phi) is 4.69. The summed E-state index contributed by atoms with van der Waals surface area (Å²) in [4.78, 5) is 0. The third-order valence-electron chi connectivity index (χ3n) is 4.48. The topological polar surface area (TPSA) is 12.0 Å². The van der Waals surface area contributed by atoms with Gasteiger partial charge in [-0.25, -0.2) is 0 Å². The molecule has 1 aliphatic carbocycles. The Morgan fingerprint density at radius 3 is 2.67 bits per heavy atom. The van der Waals surface area contributed by atoms with E-state index in [1.807, 2.05) is 12.1 Å². The van der Waals surface area contributed by atoms with Gasteiger partial charge in [0.05, 0.1) is 0 Å². The van der Waals surface area contributed by atoms with Crippen molar-refractivity contribution in [3.05, 3.63) is 34.3 Å². The summed E-state index contributed by atoms with van der Waals surface area (Å²) in [6.07, 6.45) is 3.99. The lowest BCUT2D eigenvalue weighted by Crippen LogP contribution is -2.35. The highest BCUT2D eigenvalue weighted by Gasteiger charge is 2.23. The van der Waals surface area contributed by atoms with Crippen LogP contribution in [0.1, 0.15) is 44.2 Å². The fourth-order valence-corrected chi connectivity index (χ4v) is 3.07. The molecule has 1 N–H and O–H groups in total. The van der Waals surface area contributed by atoms with Gasteiger partial charge in [-0.1, -0.05) is 31.5 Å². The molecule has 0 heterocycles. The highest BCUT2D eigenvalue weighted by atomic mass is 35.5. The Balaban J connectivity index is 1.88. The van der Waals surface area contributed by atoms with Crippen molar-refractivity contribution in [2.75, 3.05) is 0 Å². The summed E-state index contributed by atoms with van der Waals surface area (Å²) in [6.45, 7) is 7.86. The molecule has 1 fully saturated rings. The molecule has 1 aliphatic rings. The van der Waals surface area contributed by atoms with Crippen LogP contribution in [-0.4, -0.2) is 6.04 Å². The van der Waals surface area contributed by atoms with Gasteiger partial charge in [0.2, 0.25) is 0 Å². The molecule has 1 aromatic rings. The minimum Gasteiger partial charge on any atom is -0.310 e. The van der Waals surface area contributed by atoms with E-state index in [9.17, 15) is 0 Å². The smallest absolute Gasteiger partial charge is 0.0408 e. The molecule has 0 amide bonds. The molecule has 0 radical (unpaired) electrons. The maximum atomic E-state index is 5.98. The first-order valence-corrected chi connectivity index (χ1v) is 7.42. The van der Waals surface area contributed by atoms with Crippen molar-refractivity contribution >= 4 is 11.6 Å². The minimum atomic E-state index is 0.686. The van der Waals surface area contributed by atoms with Crippen LogP contribution >= 0.6 is 11.6 Å². The van der Waals surface area contributed by atoms with Gasteiger partial charge in [0.15, 0.2) is 0 Å². The number of benzene rings is 1. The molecule has 3 atom stereocenters. The Morgan fingerprint density at radius 1 is 1.22 bits per heavy atom. The Morgan fingerprint density at radius 2 is 2.00 bits per heavy atom. The number of rotatable bonds is 3. The zero-order valence-electron chi connectivity index (χ0n) is 11.7. The molecule has 0 spiro atoms. The SMILES string of the molecule is Cc1cc(Cl)ccc1CNC1CCC(C)C(C)C1. The van der Waals surface area contributed by atoms with E-state index >= 15 is 0 Å². The van der Waals surface area contributed by atoms with Crippen LogP contribution in [0.2, 0.25) is 5.02 Å². The van der Waals surface area contributed by atoms with Crippen molar-refractivity contribution in [3.63, 3.8) is 0 Å². The van der Waals surface area contributed by atoms with Gasteiger partial charge < -0.3 is 5.32 Å². The summed E-state index contributed by atoms with van der Waals surface area (Å²) < 4.78 is 0. The first kappa shape index (κ1) is 13.9. The van der Waals surface area contributed by atoms with E-state index in [4.69, 9.17) is 11.6 Å². The number of aryl methyl sites for hydroxylation is 1. The molecule has 0 aromatic heterocycles. The van der Waals surface area contributed by atoms with Gasteiger partial charge in [-0.3, -0.25) is 0 Å². The Hall–Kier alpha value is -0.530. The predicted molar refractivity (Wildman–Crippen MR) is 79.0 cm³/mol. The summed E-state index contributed by atoms with van der Waals surface area (Å²) in [5, 5.41) is 4.54. The van der Waals surface area contributed by atoms with E-state index in [0.29, 0.717) is 6.04 Å². The second kappa shape index (κ2) is 6.08. The van der Waals surface area contributed by atoms with Gasteiger partial charge in [0, 0.05) is 17.6 Å². The van der Waals surface area contributed by atoms with Gasteiger partial charge in [-0.2, -0.15) is 0 Å². The van der Waals surface area contributed by atoms with Gasteiger partial charge >= 0.3 is 0 Å². The first-order valence-electron chi connectivity index (χ1n) is 7.04. The number of halogens is 1. The van der Waals surface area contributed by atoms with Crippen LogP contribution in [-0.2, 0) is 6.54 Å². The van der Waals surface area contributed by atoms with Crippen LogP contribution < -0.4 is 5.32 Å². The van der Waals surface area contributed by atoms with Crippen LogP contribution in [0.15, 0.2) is 18.2 Å². The van der Waals surface area contributed by atoms with Crippen molar-refractivity contribution in [3.8, 4) is 0 Å². The molecule has 0 saturated heterocycles. The third-order valence-corrected chi connectivity index (χ3v) is 4.72. The van der Waals surface area contributed by atoms with Crippen LogP contribution in [0, 0.1) is 18.8 Å². The maximum Gasteiger partial charge on any atom is 0.0408 e. The summed E-state index contributed by atoms with van der Waals surface area (Å²) in [6, 6.07) is 6.85. The maximum absolute atomic E-state index is 5.98. The molecule has 18 heavy (non-hydrogen) atoms. The zero-order chi connectivity index (χ0) is 13.1. The standard InChI is InChI=1S/C16H24ClN/c1-11-4-7-16(9-12(11)2)18-10-14-5-6-15(17)8-13(14)3/h5-6,8,11-12,16,18H,4,7,9-10H2,1-3H3. The van der Waals surface area contributed by atoms with E-state index in [2.05, 4.69) is 32.2 Å². The van der Waals surface area contributed by atoms with E-state index in [1.165, 1.54) is 30.4 Å². The molecule has 100 valence electrons. The minimum absolute atomic E-state index is 0.686. The average molecular weight is 266 g/mol. The number of hydrogen-bond donors (Lipinski definition) is 1. The van der Waals surface area contributed by atoms with Crippen molar-refractivity contribution in [1.82, 2.24) is 5.32 Å². The molecular weight excluding hydrogens is 242 g/mol. The number of hydrogen-bond acceptors (Lipinski definition) is 1. The van der Waals surface area contributed by atoms with Crippen LogP contribution in [0.25, 0.3) is 0 Å². The normalized spacial score (nSPS) is 28.3. The Labute approximate surface area is 116 Å². The molecule has 1 nitrogen and oxygen atoms in total. The fourth-order valence-electron chi connectivity index (χ4n) is 2.84. The molecule has 0 aliphatic heterocycles. The first-order chi connectivity index (χ1) is 8.56. The number of nitrogens with one attached hydrogen (secondary N) is 1.